The average molecular weight is 343 g/mol. The minimum absolute atomic E-state index is 0.754. The average Bonchev–Trinajstić information content (AvgIpc) is 2.98. The Bertz CT molecular complexity index is 692. The third-order valence-electron chi connectivity index (χ3n) is 3.09. The molecule has 0 saturated carbocycles. The molecule has 0 bridgehead atoms. The molecule has 0 aliphatic rings. The SMILES string of the molecule is Brc1ccc(-n2cc(CNCc3ccccn3)cn2)cc1. The van der Waals surface area contributed by atoms with Gasteiger partial charge in [0.25, 0.3) is 0 Å². The highest BCUT2D eigenvalue weighted by atomic mass is 79.9. The minimum atomic E-state index is 0.754. The molecule has 3 rings (SSSR count). The molecule has 21 heavy (non-hydrogen) atoms. The van der Waals surface area contributed by atoms with Crippen LogP contribution < -0.4 is 5.32 Å². The van der Waals surface area contributed by atoms with Crippen LogP contribution in [0.4, 0.5) is 0 Å². The summed E-state index contributed by atoms with van der Waals surface area (Å²) in [5.41, 5.74) is 3.24. The van der Waals surface area contributed by atoms with Gasteiger partial charge in [0.2, 0.25) is 0 Å². The summed E-state index contributed by atoms with van der Waals surface area (Å²) >= 11 is 3.43. The van der Waals surface area contributed by atoms with E-state index in [1.807, 2.05) is 65.7 Å². The molecule has 0 aliphatic carbocycles. The second kappa shape index (κ2) is 6.65. The van der Waals surface area contributed by atoms with Crippen LogP contribution in [-0.4, -0.2) is 14.8 Å². The standard InChI is InChI=1S/C16H15BrN4/c17-14-4-6-16(7-5-14)21-12-13(10-20-21)9-18-11-15-3-1-2-8-19-15/h1-8,10,12,18H,9,11H2. The van der Waals surface area contributed by atoms with Gasteiger partial charge < -0.3 is 5.32 Å². The molecule has 0 saturated heterocycles. The molecule has 3 aromatic rings. The fourth-order valence-corrected chi connectivity index (χ4v) is 2.29. The third kappa shape index (κ3) is 3.77. The monoisotopic (exact) mass is 342 g/mol. The number of pyridine rings is 1. The van der Waals surface area contributed by atoms with Crippen LogP contribution in [0.5, 0.6) is 0 Å². The fourth-order valence-electron chi connectivity index (χ4n) is 2.02. The van der Waals surface area contributed by atoms with E-state index in [4.69, 9.17) is 0 Å². The Labute approximate surface area is 132 Å². The Kier molecular flexibility index (Phi) is 4.43. The lowest BCUT2D eigenvalue weighted by atomic mass is 10.3. The van der Waals surface area contributed by atoms with Gasteiger partial charge in [-0.15, -0.1) is 0 Å². The molecule has 0 atom stereocenters. The first-order valence-corrected chi connectivity index (χ1v) is 7.51. The number of hydrogen-bond donors (Lipinski definition) is 1. The van der Waals surface area contributed by atoms with Crippen molar-refractivity contribution in [1.82, 2.24) is 20.1 Å². The van der Waals surface area contributed by atoms with Crippen LogP contribution in [0.15, 0.2) is 65.5 Å². The van der Waals surface area contributed by atoms with Gasteiger partial charge in [0.15, 0.2) is 0 Å². The molecule has 0 spiro atoms. The topological polar surface area (TPSA) is 42.7 Å². The van der Waals surface area contributed by atoms with E-state index >= 15 is 0 Å². The molecule has 0 radical (unpaired) electrons. The molecule has 106 valence electrons. The number of nitrogens with zero attached hydrogens (tertiary/aromatic N) is 3. The summed E-state index contributed by atoms with van der Waals surface area (Å²) in [5.74, 6) is 0. The van der Waals surface area contributed by atoms with Gasteiger partial charge >= 0.3 is 0 Å². The van der Waals surface area contributed by atoms with Crippen molar-refractivity contribution in [2.45, 2.75) is 13.1 Å². The normalized spacial score (nSPS) is 10.7. The molecule has 0 fully saturated rings. The van der Waals surface area contributed by atoms with Gasteiger partial charge in [0.1, 0.15) is 0 Å². The number of benzene rings is 1. The van der Waals surface area contributed by atoms with Crippen LogP contribution in [0.1, 0.15) is 11.3 Å². The first kappa shape index (κ1) is 14.0. The Balaban J connectivity index is 1.59. The zero-order valence-corrected chi connectivity index (χ0v) is 13.0. The van der Waals surface area contributed by atoms with E-state index in [9.17, 15) is 0 Å². The van der Waals surface area contributed by atoms with Gasteiger partial charge in [0, 0.05) is 35.5 Å². The second-order valence-electron chi connectivity index (χ2n) is 4.69. The lowest BCUT2D eigenvalue weighted by Gasteiger charge is -2.02. The predicted molar refractivity (Wildman–Crippen MR) is 86.0 cm³/mol. The highest BCUT2D eigenvalue weighted by molar-refractivity contribution is 9.10. The quantitative estimate of drug-likeness (QED) is 0.773. The van der Waals surface area contributed by atoms with Crippen LogP contribution in [0.2, 0.25) is 0 Å². The van der Waals surface area contributed by atoms with Crippen molar-refractivity contribution in [2.24, 2.45) is 0 Å². The maximum absolute atomic E-state index is 4.39. The molecule has 1 aromatic carbocycles. The zero-order chi connectivity index (χ0) is 14.5. The zero-order valence-electron chi connectivity index (χ0n) is 11.4. The molecule has 2 aromatic heterocycles. The van der Waals surface area contributed by atoms with Crippen molar-refractivity contribution in [1.29, 1.82) is 0 Å². The molecule has 1 N–H and O–H groups in total. The molecule has 0 aliphatic heterocycles. The Hall–Kier alpha value is -1.98. The van der Waals surface area contributed by atoms with E-state index in [-0.39, 0.29) is 0 Å². The van der Waals surface area contributed by atoms with Crippen LogP contribution >= 0.6 is 15.9 Å². The number of aromatic nitrogens is 3. The van der Waals surface area contributed by atoms with Crippen molar-refractivity contribution < 1.29 is 0 Å². The number of nitrogens with one attached hydrogen (secondary N) is 1. The second-order valence-corrected chi connectivity index (χ2v) is 5.61. The van der Waals surface area contributed by atoms with E-state index in [2.05, 4.69) is 31.3 Å². The summed E-state index contributed by atoms with van der Waals surface area (Å²) in [6.07, 6.45) is 5.73. The summed E-state index contributed by atoms with van der Waals surface area (Å²) in [6.45, 7) is 1.53. The summed E-state index contributed by atoms with van der Waals surface area (Å²) in [7, 11) is 0. The van der Waals surface area contributed by atoms with Crippen LogP contribution in [0.3, 0.4) is 0 Å². The predicted octanol–water partition coefficient (Wildman–Crippen LogP) is 3.32. The van der Waals surface area contributed by atoms with E-state index in [1.165, 1.54) is 0 Å². The molecule has 4 nitrogen and oxygen atoms in total. The first-order chi connectivity index (χ1) is 10.3. The highest BCUT2D eigenvalue weighted by Crippen LogP contribution is 2.14. The summed E-state index contributed by atoms with van der Waals surface area (Å²) in [4.78, 5) is 4.28. The molecule has 0 unspecified atom stereocenters. The van der Waals surface area contributed by atoms with Gasteiger partial charge in [-0.25, -0.2) is 4.68 Å². The third-order valence-corrected chi connectivity index (χ3v) is 3.62. The van der Waals surface area contributed by atoms with Crippen molar-refractivity contribution in [3.63, 3.8) is 0 Å². The van der Waals surface area contributed by atoms with Crippen molar-refractivity contribution in [3.8, 4) is 5.69 Å². The number of halogens is 1. The molecular weight excluding hydrogens is 328 g/mol. The lowest BCUT2D eigenvalue weighted by Crippen LogP contribution is -2.13. The minimum Gasteiger partial charge on any atom is -0.307 e. The van der Waals surface area contributed by atoms with Gasteiger partial charge in [0.05, 0.1) is 17.6 Å². The largest absolute Gasteiger partial charge is 0.307 e. The molecule has 2 heterocycles. The van der Waals surface area contributed by atoms with E-state index in [0.29, 0.717) is 0 Å². The van der Waals surface area contributed by atoms with E-state index in [0.717, 1.165) is 34.5 Å². The Morgan fingerprint density at radius 3 is 2.67 bits per heavy atom. The highest BCUT2D eigenvalue weighted by Gasteiger charge is 2.01. The van der Waals surface area contributed by atoms with Gasteiger partial charge in [-0.3, -0.25) is 4.98 Å². The fraction of sp³-hybridized carbons (Fsp3) is 0.125. The maximum Gasteiger partial charge on any atom is 0.0646 e. The molecule has 0 amide bonds. The summed E-state index contributed by atoms with van der Waals surface area (Å²) in [5, 5.41) is 7.76. The lowest BCUT2D eigenvalue weighted by molar-refractivity contribution is 0.679. The van der Waals surface area contributed by atoms with Crippen LogP contribution in [0, 0.1) is 0 Å². The van der Waals surface area contributed by atoms with Gasteiger partial charge in [-0.05, 0) is 36.4 Å². The van der Waals surface area contributed by atoms with Crippen LogP contribution in [-0.2, 0) is 13.1 Å². The number of rotatable bonds is 5. The Morgan fingerprint density at radius 1 is 1.05 bits per heavy atom. The first-order valence-electron chi connectivity index (χ1n) is 6.71. The van der Waals surface area contributed by atoms with Crippen molar-refractivity contribution >= 4 is 15.9 Å². The number of hydrogen-bond acceptors (Lipinski definition) is 3. The van der Waals surface area contributed by atoms with Crippen molar-refractivity contribution in [3.05, 3.63) is 76.8 Å². The van der Waals surface area contributed by atoms with E-state index < -0.39 is 0 Å². The summed E-state index contributed by atoms with van der Waals surface area (Å²) < 4.78 is 2.94. The molecular formula is C16H15BrN4. The smallest absolute Gasteiger partial charge is 0.0646 e. The maximum atomic E-state index is 4.39. The van der Waals surface area contributed by atoms with Gasteiger partial charge in [-0.2, -0.15) is 5.10 Å². The molecule has 5 heteroatoms. The van der Waals surface area contributed by atoms with Crippen molar-refractivity contribution in [2.75, 3.05) is 0 Å². The summed E-state index contributed by atoms with van der Waals surface area (Å²) in [6, 6.07) is 14.0. The van der Waals surface area contributed by atoms with Gasteiger partial charge in [-0.1, -0.05) is 22.0 Å². The Morgan fingerprint density at radius 2 is 1.90 bits per heavy atom. The van der Waals surface area contributed by atoms with E-state index in [1.54, 1.807) is 0 Å². The van der Waals surface area contributed by atoms with Crippen LogP contribution in [0.25, 0.3) is 5.69 Å².